The lowest BCUT2D eigenvalue weighted by molar-refractivity contribution is -0.122. The smallest absolute Gasteiger partial charge is 0.324 e. The van der Waals surface area contributed by atoms with Gasteiger partial charge in [-0.05, 0) is 42.6 Å². The number of piperidine rings is 1. The minimum absolute atomic E-state index is 0.0190. The highest BCUT2D eigenvalue weighted by atomic mass is 32.1. The van der Waals surface area contributed by atoms with Crippen LogP contribution in [0.25, 0.3) is 10.1 Å². The van der Waals surface area contributed by atoms with Crippen molar-refractivity contribution in [3.05, 3.63) is 23.9 Å². The van der Waals surface area contributed by atoms with Crippen LogP contribution >= 0.6 is 11.5 Å². The number of aromatic nitrogens is 1. The molecule has 0 radical (unpaired) electrons. The first-order chi connectivity index (χ1) is 14.5. The fourth-order valence-electron chi connectivity index (χ4n) is 4.42. The van der Waals surface area contributed by atoms with Gasteiger partial charge in [-0.3, -0.25) is 14.5 Å². The van der Waals surface area contributed by atoms with E-state index in [9.17, 15) is 9.59 Å². The van der Waals surface area contributed by atoms with Gasteiger partial charge in [0.25, 0.3) is 12.4 Å². The van der Waals surface area contributed by atoms with Crippen LogP contribution in [0.2, 0.25) is 0 Å². The number of anilines is 1. The van der Waals surface area contributed by atoms with Gasteiger partial charge in [0.15, 0.2) is 0 Å². The van der Waals surface area contributed by atoms with Gasteiger partial charge in [-0.1, -0.05) is 0 Å². The highest BCUT2D eigenvalue weighted by Crippen LogP contribution is 2.31. The SMILES string of the molecule is CN1CCN(c2ccc3c(C(=O)N4CCN5CCC4CC5)nsc3c2)C1=O.O=CO. The summed E-state index contributed by atoms with van der Waals surface area (Å²) in [6.45, 7) is 5.10. The molecular formula is C20H25N5O4S. The molecule has 0 saturated carbocycles. The quantitative estimate of drug-likeness (QED) is 0.728. The Morgan fingerprint density at radius 2 is 1.90 bits per heavy atom. The Kier molecular flexibility index (Phi) is 5.87. The molecule has 1 aromatic carbocycles. The summed E-state index contributed by atoms with van der Waals surface area (Å²) in [4.78, 5) is 41.8. The molecule has 0 atom stereocenters. The summed E-state index contributed by atoms with van der Waals surface area (Å²) in [5.74, 6) is 0.0553. The van der Waals surface area contributed by atoms with Crippen LogP contribution < -0.4 is 4.90 Å². The third-order valence-corrected chi connectivity index (χ3v) is 6.91. The molecule has 4 fully saturated rings. The molecule has 30 heavy (non-hydrogen) atoms. The Hall–Kier alpha value is -2.72. The maximum atomic E-state index is 13.2. The number of rotatable bonds is 2. The lowest BCUT2D eigenvalue weighted by Gasteiger charge is -2.31. The second kappa shape index (κ2) is 8.57. The van der Waals surface area contributed by atoms with E-state index >= 15 is 0 Å². The Labute approximate surface area is 178 Å². The highest BCUT2D eigenvalue weighted by Gasteiger charge is 2.34. The predicted molar refractivity (Wildman–Crippen MR) is 114 cm³/mol. The van der Waals surface area contributed by atoms with E-state index in [1.54, 1.807) is 9.80 Å². The van der Waals surface area contributed by atoms with Gasteiger partial charge < -0.3 is 19.8 Å². The molecule has 2 bridgehead atoms. The van der Waals surface area contributed by atoms with Crippen molar-refractivity contribution in [2.24, 2.45) is 0 Å². The molecular weight excluding hydrogens is 406 g/mol. The van der Waals surface area contributed by atoms with Gasteiger partial charge in [0.1, 0.15) is 5.69 Å². The average molecular weight is 432 g/mol. The zero-order valence-electron chi connectivity index (χ0n) is 16.9. The second-order valence-electron chi connectivity index (χ2n) is 7.74. The number of likely N-dealkylation sites (N-methyl/N-ethyl adjacent to an activating group) is 1. The van der Waals surface area contributed by atoms with Crippen LogP contribution in [0.15, 0.2) is 18.2 Å². The fraction of sp³-hybridized carbons (Fsp3) is 0.500. The van der Waals surface area contributed by atoms with Gasteiger partial charge in [0.05, 0.1) is 4.70 Å². The molecule has 4 aliphatic heterocycles. The standard InChI is InChI=1S/C19H23N5O2S.CH2O2/c1-21-8-10-24(19(21)26)14-2-3-15-16(12-14)27-20-17(15)18(25)23-11-9-22-6-4-13(23)5-7-22;2-1-3/h2-3,12-13H,4-11H2,1H3;1H,(H,2,3). The summed E-state index contributed by atoms with van der Waals surface area (Å²) in [5, 5.41) is 7.79. The van der Waals surface area contributed by atoms with E-state index in [4.69, 9.17) is 9.90 Å². The van der Waals surface area contributed by atoms with Crippen molar-refractivity contribution in [2.75, 3.05) is 51.2 Å². The number of benzene rings is 1. The van der Waals surface area contributed by atoms with E-state index in [0.717, 1.165) is 61.3 Å². The molecule has 3 amide bonds. The normalized spacial score (nSPS) is 23.4. The first-order valence-corrected chi connectivity index (χ1v) is 10.8. The maximum absolute atomic E-state index is 13.2. The van der Waals surface area contributed by atoms with Crippen molar-refractivity contribution >= 4 is 45.7 Å². The summed E-state index contributed by atoms with van der Waals surface area (Å²) in [5.41, 5.74) is 1.44. The number of carbonyl (C=O) groups excluding carboxylic acids is 2. The number of fused-ring (bicyclic) bond motifs is 5. The van der Waals surface area contributed by atoms with Crippen LogP contribution in [0.4, 0.5) is 10.5 Å². The van der Waals surface area contributed by atoms with Crippen molar-refractivity contribution in [2.45, 2.75) is 18.9 Å². The Bertz CT molecular complexity index is 956. The number of urea groups is 1. The number of nitrogens with zero attached hydrogens (tertiary/aromatic N) is 5. The van der Waals surface area contributed by atoms with Crippen LogP contribution in [0, 0.1) is 0 Å². The molecule has 4 saturated heterocycles. The van der Waals surface area contributed by atoms with E-state index in [1.807, 2.05) is 30.1 Å². The van der Waals surface area contributed by atoms with Crippen LogP contribution in [-0.2, 0) is 4.79 Å². The van der Waals surface area contributed by atoms with Crippen LogP contribution in [0.1, 0.15) is 23.3 Å². The highest BCUT2D eigenvalue weighted by molar-refractivity contribution is 7.13. The summed E-state index contributed by atoms with van der Waals surface area (Å²) in [6, 6.07) is 6.23. The summed E-state index contributed by atoms with van der Waals surface area (Å²) in [6.07, 6.45) is 2.12. The van der Waals surface area contributed by atoms with Gasteiger partial charge >= 0.3 is 6.03 Å². The number of carboxylic acid groups (broad SMARTS) is 1. The third-order valence-electron chi connectivity index (χ3n) is 6.10. The first kappa shape index (κ1) is 20.5. The summed E-state index contributed by atoms with van der Waals surface area (Å²) >= 11 is 1.35. The van der Waals surface area contributed by atoms with E-state index in [0.29, 0.717) is 18.3 Å². The number of hydrogen-bond donors (Lipinski definition) is 1. The minimum Gasteiger partial charge on any atom is -0.483 e. The van der Waals surface area contributed by atoms with E-state index in [2.05, 4.69) is 9.27 Å². The largest absolute Gasteiger partial charge is 0.483 e. The Balaban J connectivity index is 0.000000687. The Morgan fingerprint density at radius 3 is 2.57 bits per heavy atom. The summed E-state index contributed by atoms with van der Waals surface area (Å²) in [7, 11) is 1.82. The van der Waals surface area contributed by atoms with Gasteiger partial charge in [-0.15, -0.1) is 0 Å². The fourth-order valence-corrected chi connectivity index (χ4v) is 5.23. The number of amides is 3. The zero-order valence-corrected chi connectivity index (χ0v) is 17.7. The number of carbonyl (C=O) groups is 3. The van der Waals surface area contributed by atoms with Crippen LogP contribution in [0.5, 0.6) is 0 Å². The van der Waals surface area contributed by atoms with Crippen LogP contribution in [-0.4, -0.2) is 94.9 Å². The average Bonchev–Trinajstić information content (AvgIpc) is 3.17. The van der Waals surface area contributed by atoms with Crippen molar-refractivity contribution in [1.29, 1.82) is 0 Å². The van der Waals surface area contributed by atoms with Crippen molar-refractivity contribution < 1.29 is 19.5 Å². The van der Waals surface area contributed by atoms with E-state index in [1.165, 1.54) is 11.5 Å². The molecule has 0 spiro atoms. The molecule has 1 aromatic heterocycles. The maximum Gasteiger partial charge on any atom is 0.324 e. The molecule has 4 aliphatic rings. The second-order valence-corrected chi connectivity index (χ2v) is 8.55. The molecule has 9 nitrogen and oxygen atoms in total. The molecule has 0 unspecified atom stereocenters. The monoisotopic (exact) mass is 431 g/mol. The van der Waals surface area contributed by atoms with Gasteiger partial charge in [-0.25, -0.2) is 4.79 Å². The molecule has 1 N–H and O–H groups in total. The van der Waals surface area contributed by atoms with Gasteiger partial charge in [0.2, 0.25) is 0 Å². The summed E-state index contributed by atoms with van der Waals surface area (Å²) < 4.78 is 5.47. The van der Waals surface area contributed by atoms with Crippen LogP contribution in [0.3, 0.4) is 0 Å². The topological polar surface area (TPSA) is 97.3 Å². The van der Waals surface area contributed by atoms with Gasteiger partial charge in [0, 0.05) is 63.4 Å². The lowest BCUT2D eigenvalue weighted by atomic mass is 10.0. The zero-order chi connectivity index (χ0) is 21.3. The first-order valence-electron chi connectivity index (χ1n) is 10.1. The van der Waals surface area contributed by atoms with Gasteiger partial charge in [-0.2, -0.15) is 4.37 Å². The minimum atomic E-state index is -0.250. The molecule has 10 heteroatoms. The molecule has 2 aromatic rings. The molecule has 0 aliphatic carbocycles. The van der Waals surface area contributed by atoms with E-state index < -0.39 is 0 Å². The van der Waals surface area contributed by atoms with Crippen molar-refractivity contribution in [3.8, 4) is 0 Å². The molecule has 5 heterocycles. The third kappa shape index (κ3) is 3.72. The van der Waals surface area contributed by atoms with Crippen molar-refractivity contribution in [1.82, 2.24) is 19.1 Å². The van der Waals surface area contributed by atoms with E-state index in [-0.39, 0.29) is 18.4 Å². The van der Waals surface area contributed by atoms with Crippen molar-refractivity contribution in [3.63, 3.8) is 0 Å². The predicted octanol–water partition coefficient (Wildman–Crippen LogP) is 1.79. The lowest BCUT2D eigenvalue weighted by Crippen LogP contribution is -2.41. The molecule has 160 valence electrons. The molecule has 6 rings (SSSR count). The number of hydrogen-bond acceptors (Lipinski definition) is 6. The Morgan fingerprint density at radius 1 is 1.17 bits per heavy atom.